The Morgan fingerprint density at radius 3 is 2.42 bits per heavy atom. The van der Waals surface area contributed by atoms with Gasteiger partial charge < -0.3 is 0 Å². The van der Waals surface area contributed by atoms with E-state index in [9.17, 15) is 8.78 Å². The molecule has 0 saturated carbocycles. The standard InChI is InChI=1S/C16H15BrF2/c1-10-3-4-12(7-11(10)2)8-15(17)14-9-13(18)5-6-16(14)19/h3-7,9,15H,8H2,1-2H3. The Hall–Kier alpha value is -1.22. The Morgan fingerprint density at radius 2 is 1.74 bits per heavy atom. The third-order valence-electron chi connectivity index (χ3n) is 3.28. The minimum Gasteiger partial charge on any atom is -0.207 e. The van der Waals surface area contributed by atoms with E-state index in [0.717, 1.165) is 11.6 Å². The summed E-state index contributed by atoms with van der Waals surface area (Å²) in [6.45, 7) is 4.10. The average Bonchev–Trinajstić information content (AvgIpc) is 2.36. The van der Waals surface area contributed by atoms with Crippen molar-refractivity contribution in [3.05, 3.63) is 70.3 Å². The SMILES string of the molecule is Cc1ccc(CC(Br)c2cc(F)ccc2F)cc1C. The summed E-state index contributed by atoms with van der Waals surface area (Å²) in [5, 5.41) is 0. The molecule has 3 heteroatoms. The van der Waals surface area contributed by atoms with Gasteiger partial charge in [-0.1, -0.05) is 34.1 Å². The van der Waals surface area contributed by atoms with Crippen LogP contribution in [0.4, 0.5) is 8.78 Å². The Balaban J connectivity index is 2.22. The number of hydrogen-bond acceptors (Lipinski definition) is 0. The van der Waals surface area contributed by atoms with Gasteiger partial charge in [0, 0.05) is 10.4 Å². The van der Waals surface area contributed by atoms with Gasteiger partial charge in [-0.3, -0.25) is 0 Å². The molecule has 0 aliphatic rings. The van der Waals surface area contributed by atoms with Crippen molar-refractivity contribution < 1.29 is 8.78 Å². The van der Waals surface area contributed by atoms with Crippen molar-refractivity contribution in [3.8, 4) is 0 Å². The van der Waals surface area contributed by atoms with Crippen LogP contribution in [-0.4, -0.2) is 0 Å². The van der Waals surface area contributed by atoms with Crippen LogP contribution in [0.15, 0.2) is 36.4 Å². The van der Waals surface area contributed by atoms with Gasteiger partial charge in [0.25, 0.3) is 0 Å². The van der Waals surface area contributed by atoms with Crippen LogP contribution >= 0.6 is 15.9 Å². The van der Waals surface area contributed by atoms with Gasteiger partial charge in [-0.15, -0.1) is 0 Å². The Labute approximate surface area is 120 Å². The Bertz CT molecular complexity index is 593. The van der Waals surface area contributed by atoms with Gasteiger partial charge >= 0.3 is 0 Å². The molecule has 0 aliphatic heterocycles. The molecule has 0 aromatic heterocycles. The van der Waals surface area contributed by atoms with Crippen molar-refractivity contribution in [2.24, 2.45) is 0 Å². The van der Waals surface area contributed by atoms with Crippen LogP contribution in [0.3, 0.4) is 0 Å². The van der Waals surface area contributed by atoms with Gasteiger partial charge in [-0.2, -0.15) is 0 Å². The maximum atomic E-state index is 13.7. The van der Waals surface area contributed by atoms with Crippen molar-refractivity contribution in [3.63, 3.8) is 0 Å². The minimum absolute atomic E-state index is 0.231. The summed E-state index contributed by atoms with van der Waals surface area (Å²) in [7, 11) is 0. The molecule has 0 spiro atoms. The van der Waals surface area contributed by atoms with Gasteiger partial charge in [-0.05, 0) is 55.2 Å². The second-order valence-corrected chi connectivity index (χ2v) is 5.86. The summed E-state index contributed by atoms with van der Waals surface area (Å²) in [5.41, 5.74) is 3.90. The normalized spacial score (nSPS) is 12.5. The maximum absolute atomic E-state index is 13.7. The second-order valence-electron chi connectivity index (χ2n) is 4.76. The predicted octanol–water partition coefficient (Wildman–Crippen LogP) is 5.26. The quantitative estimate of drug-likeness (QED) is 0.675. The summed E-state index contributed by atoms with van der Waals surface area (Å²) < 4.78 is 26.8. The molecule has 1 atom stereocenters. The second kappa shape index (κ2) is 5.83. The lowest BCUT2D eigenvalue weighted by atomic mass is 10.00. The van der Waals surface area contributed by atoms with Crippen molar-refractivity contribution in [2.45, 2.75) is 25.1 Å². The maximum Gasteiger partial charge on any atom is 0.127 e. The summed E-state index contributed by atoms with van der Waals surface area (Å²) in [4.78, 5) is -0.231. The number of alkyl halides is 1. The van der Waals surface area contributed by atoms with Crippen LogP contribution in [0.5, 0.6) is 0 Å². The molecule has 0 bridgehead atoms. The summed E-state index contributed by atoms with van der Waals surface area (Å²) >= 11 is 3.44. The zero-order chi connectivity index (χ0) is 14.0. The molecule has 0 radical (unpaired) electrons. The fourth-order valence-corrected chi connectivity index (χ4v) is 2.73. The fraction of sp³-hybridized carbons (Fsp3) is 0.250. The highest BCUT2D eigenvalue weighted by molar-refractivity contribution is 9.09. The first-order chi connectivity index (χ1) is 8.97. The van der Waals surface area contributed by atoms with Crippen LogP contribution < -0.4 is 0 Å². The number of benzene rings is 2. The fourth-order valence-electron chi connectivity index (χ4n) is 2.00. The molecule has 0 amide bonds. The molecule has 2 aromatic rings. The predicted molar refractivity (Wildman–Crippen MR) is 77.6 cm³/mol. The smallest absolute Gasteiger partial charge is 0.127 e. The van der Waals surface area contributed by atoms with Crippen LogP contribution in [0.1, 0.15) is 27.1 Å². The first-order valence-corrected chi connectivity index (χ1v) is 7.04. The van der Waals surface area contributed by atoms with E-state index in [2.05, 4.69) is 28.9 Å². The molecular weight excluding hydrogens is 310 g/mol. The van der Waals surface area contributed by atoms with Crippen LogP contribution in [0.25, 0.3) is 0 Å². The van der Waals surface area contributed by atoms with E-state index in [1.165, 1.54) is 23.3 Å². The third-order valence-corrected chi connectivity index (χ3v) is 4.10. The number of halogens is 3. The highest BCUT2D eigenvalue weighted by Crippen LogP contribution is 2.30. The average molecular weight is 325 g/mol. The molecule has 19 heavy (non-hydrogen) atoms. The van der Waals surface area contributed by atoms with Gasteiger partial charge in [-0.25, -0.2) is 8.78 Å². The van der Waals surface area contributed by atoms with Gasteiger partial charge in [0.15, 0.2) is 0 Å². The van der Waals surface area contributed by atoms with Gasteiger partial charge in [0.1, 0.15) is 11.6 Å². The molecule has 1 unspecified atom stereocenters. The van der Waals surface area contributed by atoms with E-state index in [1.807, 2.05) is 19.1 Å². The summed E-state index contributed by atoms with van der Waals surface area (Å²) in [6.07, 6.45) is 0.626. The molecule has 2 aromatic carbocycles. The number of aryl methyl sites for hydroxylation is 2. The van der Waals surface area contributed by atoms with E-state index >= 15 is 0 Å². The zero-order valence-electron chi connectivity index (χ0n) is 10.9. The molecule has 2 rings (SSSR count). The minimum atomic E-state index is -0.416. The zero-order valence-corrected chi connectivity index (χ0v) is 12.5. The molecule has 0 N–H and O–H groups in total. The van der Waals surface area contributed by atoms with Gasteiger partial charge in [0.05, 0.1) is 0 Å². The molecular formula is C16H15BrF2. The molecule has 0 aliphatic carbocycles. The van der Waals surface area contributed by atoms with E-state index < -0.39 is 5.82 Å². The molecule has 0 saturated heterocycles. The van der Waals surface area contributed by atoms with E-state index in [1.54, 1.807) is 0 Å². The van der Waals surface area contributed by atoms with Crippen molar-refractivity contribution in [2.75, 3.05) is 0 Å². The monoisotopic (exact) mass is 324 g/mol. The van der Waals surface area contributed by atoms with E-state index in [-0.39, 0.29) is 10.6 Å². The largest absolute Gasteiger partial charge is 0.207 e. The third kappa shape index (κ3) is 3.41. The number of rotatable bonds is 3. The Morgan fingerprint density at radius 1 is 1.00 bits per heavy atom. The molecule has 100 valence electrons. The highest BCUT2D eigenvalue weighted by atomic mass is 79.9. The van der Waals surface area contributed by atoms with Crippen LogP contribution in [0, 0.1) is 25.5 Å². The van der Waals surface area contributed by atoms with Crippen molar-refractivity contribution >= 4 is 15.9 Å². The lowest BCUT2D eigenvalue weighted by Crippen LogP contribution is -2.00. The lowest BCUT2D eigenvalue weighted by Gasteiger charge is -2.12. The molecule has 0 nitrogen and oxygen atoms in total. The van der Waals surface area contributed by atoms with E-state index in [0.29, 0.717) is 12.0 Å². The molecule has 0 fully saturated rings. The van der Waals surface area contributed by atoms with Crippen LogP contribution in [-0.2, 0) is 6.42 Å². The summed E-state index contributed by atoms with van der Waals surface area (Å²) in [5.74, 6) is -0.798. The topological polar surface area (TPSA) is 0 Å². The Kier molecular flexibility index (Phi) is 4.35. The van der Waals surface area contributed by atoms with Crippen LogP contribution in [0.2, 0.25) is 0 Å². The molecule has 0 heterocycles. The van der Waals surface area contributed by atoms with Crippen molar-refractivity contribution in [1.82, 2.24) is 0 Å². The highest BCUT2D eigenvalue weighted by Gasteiger charge is 2.14. The first kappa shape index (κ1) is 14.2. The number of hydrogen-bond donors (Lipinski definition) is 0. The van der Waals surface area contributed by atoms with Crippen molar-refractivity contribution in [1.29, 1.82) is 0 Å². The lowest BCUT2D eigenvalue weighted by molar-refractivity contribution is 0.583. The first-order valence-electron chi connectivity index (χ1n) is 6.12. The van der Waals surface area contributed by atoms with Gasteiger partial charge in [0.2, 0.25) is 0 Å². The summed E-state index contributed by atoms with van der Waals surface area (Å²) in [6, 6.07) is 9.70. The van der Waals surface area contributed by atoms with E-state index in [4.69, 9.17) is 0 Å².